The summed E-state index contributed by atoms with van der Waals surface area (Å²) in [7, 11) is -3.82. The van der Waals surface area contributed by atoms with Gasteiger partial charge in [0.2, 0.25) is 10.0 Å². The van der Waals surface area contributed by atoms with E-state index in [0.717, 1.165) is 38.1 Å². The van der Waals surface area contributed by atoms with E-state index >= 15 is 0 Å². The van der Waals surface area contributed by atoms with E-state index < -0.39 is 22.1 Å². The second-order valence-electron chi connectivity index (χ2n) is 5.68. The first-order valence-electron chi connectivity index (χ1n) is 7.79. The minimum Gasteiger partial charge on any atom is -0.406 e. The van der Waals surface area contributed by atoms with E-state index in [2.05, 4.69) is 10.1 Å². The Morgan fingerprint density at radius 2 is 1.92 bits per heavy atom. The molecule has 0 aliphatic carbocycles. The third-order valence-electron chi connectivity index (χ3n) is 3.93. The molecule has 1 aliphatic rings. The molecule has 0 atom stereocenters. The molecule has 1 heterocycles. The van der Waals surface area contributed by atoms with Crippen molar-refractivity contribution >= 4 is 22.4 Å². The predicted molar refractivity (Wildman–Crippen MR) is 90.4 cm³/mol. The summed E-state index contributed by atoms with van der Waals surface area (Å²) in [4.78, 5) is -0.186. The molecule has 0 unspecified atom stereocenters. The number of rotatable bonds is 6. The van der Waals surface area contributed by atoms with Crippen molar-refractivity contribution in [3.8, 4) is 5.75 Å². The van der Waals surface area contributed by atoms with Gasteiger partial charge >= 0.3 is 6.36 Å². The maximum atomic E-state index is 12.6. The molecule has 10 heteroatoms. The van der Waals surface area contributed by atoms with Crippen LogP contribution in [-0.4, -0.2) is 45.3 Å². The maximum Gasteiger partial charge on any atom is 0.573 e. The Kier molecular flexibility index (Phi) is 7.98. The predicted octanol–water partition coefficient (Wildman–Crippen LogP) is 3.02. The van der Waals surface area contributed by atoms with Crippen molar-refractivity contribution in [2.24, 2.45) is 5.92 Å². The van der Waals surface area contributed by atoms with E-state index in [0.29, 0.717) is 19.0 Å². The van der Waals surface area contributed by atoms with Gasteiger partial charge in [-0.25, -0.2) is 8.42 Å². The molecular weight excluding hydrogens is 381 g/mol. The SMILES string of the molecule is CCNCC1CCN(S(=O)(=O)c2cccc(OC(F)(F)F)c2)CC1.Cl. The zero-order chi connectivity index (χ0) is 17.8. The molecule has 1 aromatic rings. The molecular formula is C15H22ClF3N2O3S. The lowest BCUT2D eigenvalue weighted by Gasteiger charge is -2.31. The van der Waals surface area contributed by atoms with Crippen LogP contribution >= 0.6 is 12.4 Å². The molecule has 0 radical (unpaired) electrons. The molecule has 2 rings (SSSR count). The second-order valence-corrected chi connectivity index (χ2v) is 7.62. The lowest BCUT2D eigenvalue weighted by atomic mass is 9.98. The van der Waals surface area contributed by atoms with Gasteiger partial charge in [-0.05, 0) is 44.0 Å². The van der Waals surface area contributed by atoms with Crippen molar-refractivity contribution in [3.63, 3.8) is 0 Å². The Bertz CT molecular complexity index is 648. The van der Waals surface area contributed by atoms with Crippen molar-refractivity contribution in [3.05, 3.63) is 24.3 Å². The summed E-state index contributed by atoms with van der Waals surface area (Å²) in [5.41, 5.74) is 0. The van der Waals surface area contributed by atoms with Crippen LogP contribution in [-0.2, 0) is 10.0 Å². The lowest BCUT2D eigenvalue weighted by molar-refractivity contribution is -0.274. The molecule has 5 nitrogen and oxygen atoms in total. The van der Waals surface area contributed by atoms with Crippen LogP contribution in [0.25, 0.3) is 0 Å². The Balaban J connectivity index is 0.00000312. The number of hydrogen-bond acceptors (Lipinski definition) is 4. The maximum absolute atomic E-state index is 12.6. The van der Waals surface area contributed by atoms with Gasteiger partial charge in [0.15, 0.2) is 0 Å². The van der Waals surface area contributed by atoms with Crippen LogP contribution < -0.4 is 10.1 Å². The number of nitrogens with one attached hydrogen (secondary N) is 1. The summed E-state index contributed by atoms with van der Waals surface area (Å²) in [5.74, 6) is -0.123. The van der Waals surface area contributed by atoms with E-state index in [1.54, 1.807) is 0 Å². The van der Waals surface area contributed by atoms with E-state index in [1.165, 1.54) is 16.4 Å². The molecule has 0 aromatic heterocycles. The number of sulfonamides is 1. The van der Waals surface area contributed by atoms with Crippen LogP contribution in [0.5, 0.6) is 5.75 Å². The molecule has 25 heavy (non-hydrogen) atoms. The summed E-state index contributed by atoms with van der Waals surface area (Å²) < 4.78 is 67.2. The van der Waals surface area contributed by atoms with Crippen LogP contribution in [0.2, 0.25) is 0 Å². The van der Waals surface area contributed by atoms with Gasteiger partial charge in [-0.2, -0.15) is 4.31 Å². The molecule has 144 valence electrons. The number of hydrogen-bond donors (Lipinski definition) is 1. The molecule has 1 aromatic carbocycles. The Morgan fingerprint density at radius 3 is 2.48 bits per heavy atom. The third-order valence-corrected chi connectivity index (χ3v) is 5.83. The quantitative estimate of drug-likeness (QED) is 0.794. The number of ether oxygens (including phenoxy) is 1. The smallest absolute Gasteiger partial charge is 0.406 e. The molecule has 1 fully saturated rings. The topological polar surface area (TPSA) is 58.6 Å². The van der Waals surface area contributed by atoms with Crippen LogP contribution in [0, 0.1) is 5.92 Å². The fourth-order valence-corrected chi connectivity index (χ4v) is 4.19. The summed E-state index contributed by atoms with van der Waals surface area (Å²) >= 11 is 0. The van der Waals surface area contributed by atoms with Gasteiger partial charge < -0.3 is 10.1 Å². The largest absolute Gasteiger partial charge is 0.573 e. The van der Waals surface area contributed by atoms with E-state index in [1.807, 2.05) is 6.92 Å². The summed E-state index contributed by atoms with van der Waals surface area (Å²) in [6, 6.07) is 4.51. The summed E-state index contributed by atoms with van der Waals surface area (Å²) in [5, 5.41) is 3.24. The van der Waals surface area contributed by atoms with Gasteiger partial charge in [0, 0.05) is 19.2 Å². The minimum absolute atomic E-state index is 0. The molecule has 1 N–H and O–H groups in total. The van der Waals surface area contributed by atoms with Crippen LogP contribution in [0.15, 0.2) is 29.2 Å². The Morgan fingerprint density at radius 1 is 1.28 bits per heavy atom. The number of nitrogens with zero attached hydrogens (tertiary/aromatic N) is 1. The first-order chi connectivity index (χ1) is 11.2. The highest BCUT2D eigenvalue weighted by molar-refractivity contribution is 7.89. The van der Waals surface area contributed by atoms with Crippen molar-refractivity contribution in [1.29, 1.82) is 0 Å². The van der Waals surface area contributed by atoms with Crippen molar-refractivity contribution in [1.82, 2.24) is 9.62 Å². The number of benzene rings is 1. The molecule has 0 saturated carbocycles. The van der Waals surface area contributed by atoms with Gasteiger partial charge in [-0.15, -0.1) is 25.6 Å². The highest BCUT2D eigenvalue weighted by Crippen LogP contribution is 2.28. The first kappa shape index (κ1) is 22.0. The minimum atomic E-state index is -4.85. The van der Waals surface area contributed by atoms with Gasteiger partial charge in [-0.1, -0.05) is 13.0 Å². The highest BCUT2D eigenvalue weighted by atomic mass is 35.5. The molecule has 0 spiro atoms. The monoisotopic (exact) mass is 402 g/mol. The van der Waals surface area contributed by atoms with E-state index in [4.69, 9.17) is 0 Å². The Labute approximate surface area is 152 Å². The highest BCUT2D eigenvalue weighted by Gasteiger charge is 2.33. The lowest BCUT2D eigenvalue weighted by Crippen LogP contribution is -2.40. The van der Waals surface area contributed by atoms with Crippen molar-refractivity contribution in [2.75, 3.05) is 26.2 Å². The van der Waals surface area contributed by atoms with Gasteiger partial charge in [0.1, 0.15) is 5.75 Å². The Hall–Kier alpha value is -1.03. The normalized spacial score (nSPS) is 17.1. The average molecular weight is 403 g/mol. The van der Waals surface area contributed by atoms with Crippen LogP contribution in [0.1, 0.15) is 19.8 Å². The zero-order valence-electron chi connectivity index (χ0n) is 13.8. The molecule has 1 saturated heterocycles. The zero-order valence-corrected chi connectivity index (χ0v) is 15.4. The summed E-state index contributed by atoms with van der Waals surface area (Å²) in [6.07, 6.45) is -3.40. The number of piperidine rings is 1. The standard InChI is InChI=1S/C15H21F3N2O3S.ClH/c1-2-19-11-12-6-8-20(9-7-12)24(21,22)14-5-3-4-13(10-14)23-15(16,17)18;/h3-5,10,12,19H,2,6-9,11H2,1H3;1H. The van der Waals surface area contributed by atoms with Gasteiger partial charge in [0.25, 0.3) is 0 Å². The van der Waals surface area contributed by atoms with Gasteiger partial charge in [0.05, 0.1) is 4.90 Å². The third kappa shape index (κ3) is 6.32. The summed E-state index contributed by atoms with van der Waals surface area (Å²) in [6.45, 7) is 4.45. The number of halogens is 4. The molecule has 1 aliphatic heterocycles. The first-order valence-corrected chi connectivity index (χ1v) is 9.23. The number of alkyl halides is 3. The second kappa shape index (κ2) is 9.07. The van der Waals surface area contributed by atoms with Crippen LogP contribution in [0.4, 0.5) is 13.2 Å². The fraction of sp³-hybridized carbons (Fsp3) is 0.600. The fourth-order valence-electron chi connectivity index (χ4n) is 2.68. The van der Waals surface area contributed by atoms with Crippen LogP contribution in [0.3, 0.4) is 0 Å². The van der Waals surface area contributed by atoms with Crippen molar-refractivity contribution < 1.29 is 26.3 Å². The van der Waals surface area contributed by atoms with E-state index in [9.17, 15) is 21.6 Å². The average Bonchev–Trinajstić information content (AvgIpc) is 2.52. The van der Waals surface area contributed by atoms with Gasteiger partial charge in [-0.3, -0.25) is 0 Å². The molecule has 0 bridgehead atoms. The van der Waals surface area contributed by atoms with E-state index in [-0.39, 0.29) is 17.3 Å². The van der Waals surface area contributed by atoms with Crippen molar-refractivity contribution in [2.45, 2.75) is 31.0 Å². The molecule has 0 amide bonds.